The summed E-state index contributed by atoms with van der Waals surface area (Å²) >= 11 is 18.6. The van der Waals surface area contributed by atoms with Gasteiger partial charge >= 0.3 is 0 Å². The van der Waals surface area contributed by atoms with Gasteiger partial charge in [-0.25, -0.2) is 0 Å². The molecule has 0 aliphatic carbocycles. The first-order valence-corrected chi connectivity index (χ1v) is 8.33. The molecule has 3 nitrogen and oxygen atoms in total. The van der Waals surface area contributed by atoms with Gasteiger partial charge in [-0.3, -0.25) is 0 Å². The molecule has 2 aromatic carbocycles. The first kappa shape index (κ1) is 18.2. The van der Waals surface area contributed by atoms with Crippen molar-refractivity contribution >= 4 is 34.8 Å². The molecule has 0 spiro atoms. The zero-order chi connectivity index (χ0) is 16.8. The Morgan fingerprint density at radius 1 is 1.00 bits per heavy atom. The Kier molecular flexibility index (Phi) is 6.85. The molecule has 0 saturated heterocycles. The molecular formula is C17H18Cl3NO2. The van der Waals surface area contributed by atoms with Gasteiger partial charge in [0.15, 0.2) is 11.5 Å². The fraction of sp³-hybridized carbons (Fsp3) is 0.294. The summed E-state index contributed by atoms with van der Waals surface area (Å²) in [7, 11) is 1.59. The molecule has 0 atom stereocenters. The zero-order valence-electron chi connectivity index (χ0n) is 13.0. The molecule has 2 aromatic rings. The predicted molar refractivity (Wildman–Crippen MR) is 96.2 cm³/mol. The van der Waals surface area contributed by atoms with E-state index in [1.54, 1.807) is 31.4 Å². The Morgan fingerprint density at radius 3 is 2.30 bits per heavy atom. The van der Waals surface area contributed by atoms with Crippen LogP contribution < -0.4 is 14.8 Å². The lowest BCUT2D eigenvalue weighted by molar-refractivity contribution is 0.284. The van der Waals surface area contributed by atoms with E-state index in [4.69, 9.17) is 44.3 Å². The maximum absolute atomic E-state index is 6.31. The van der Waals surface area contributed by atoms with Crippen LogP contribution in [0.2, 0.25) is 15.1 Å². The van der Waals surface area contributed by atoms with Gasteiger partial charge in [-0.2, -0.15) is 0 Å². The quantitative estimate of drug-likeness (QED) is 0.709. The number of hydrogen-bond acceptors (Lipinski definition) is 3. The van der Waals surface area contributed by atoms with Crippen molar-refractivity contribution in [3.63, 3.8) is 0 Å². The number of nitrogens with one attached hydrogen (secondary N) is 1. The van der Waals surface area contributed by atoms with E-state index in [0.717, 1.165) is 17.7 Å². The highest BCUT2D eigenvalue weighted by molar-refractivity contribution is 6.36. The second-order valence-corrected chi connectivity index (χ2v) is 6.09. The summed E-state index contributed by atoms with van der Waals surface area (Å²) in [6.07, 6.45) is 0. The van der Waals surface area contributed by atoms with Crippen LogP contribution in [0.5, 0.6) is 11.5 Å². The van der Waals surface area contributed by atoms with Gasteiger partial charge in [-0.1, -0.05) is 47.8 Å². The van der Waals surface area contributed by atoms with Crippen LogP contribution in [0.15, 0.2) is 30.3 Å². The van der Waals surface area contributed by atoms with Gasteiger partial charge in [0.25, 0.3) is 0 Å². The first-order chi connectivity index (χ1) is 11.1. The van der Waals surface area contributed by atoms with Crippen LogP contribution in [-0.2, 0) is 13.2 Å². The van der Waals surface area contributed by atoms with Crippen LogP contribution in [0.1, 0.15) is 18.1 Å². The number of rotatable bonds is 7. The van der Waals surface area contributed by atoms with E-state index in [0.29, 0.717) is 33.1 Å². The largest absolute Gasteiger partial charge is 0.493 e. The topological polar surface area (TPSA) is 30.5 Å². The summed E-state index contributed by atoms with van der Waals surface area (Å²) in [5.41, 5.74) is 1.68. The van der Waals surface area contributed by atoms with Crippen molar-refractivity contribution in [2.45, 2.75) is 20.1 Å². The smallest absolute Gasteiger partial charge is 0.163 e. The van der Waals surface area contributed by atoms with Crippen molar-refractivity contribution in [1.29, 1.82) is 0 Å². The zero-order valence-corrected chi connectivity index (χ0v) is 15.2. The lowest BCUT2D eigenvalue weighted by Gasteiger charge is -2.15. The average molecular weight is 375 g/mol. The van der Waals surface area contributed by atoms with E-state index >= 15 is 0 Å². The molecule has 0 fully saturated rings. The molecule has 0 aromatic heterocycles. The molecule has 0 bridgehead atoms. The summed E-state index contributed by atoms with van der Waals surface area (Å²) in [6.45, 7) is 3.80. The molecule has 0 unspecified atom stereocenters. The number of hydrogen-bond donors (Lipinski definition) is 1. The van der Waals surface area contributed by atoms with Gasteiger partial charge in [-0.05, 0) is 30.3 Å². The van der Waals surface area contributed by atoms with Crippen LogP contribution in [0, 0.1) is 0 Å². The van der Waals surface area contributed by atoms with Crippen molar-refractivity contribution in [3.8, 4) is 11.5 Å². The third-order valence-electron chi connectivity index (χ3n) is 3.33. The molecule has 0 aliphatic rings. The van der Waals surface area contributed by atoms with Gasteiger partial charge in [0.2, 0.25) is 0 Å². The Bertz CT molecular complexity index is 657. The van der Waals surface area contributed by atoms with Gasteiger partial charge < -0.3 is 14.8 Å². The summed E-state index contributed by atoms with van der Waals surface area (Å²) in [5, 5.41) is 4.97. The maximum atomic E-state index is 6.31. The van der Waals surface area contributed by atoms with E-state index in [-0.39, 0.29) is 6.61 Å². The number of methoxy groups -OCH3 is 1. The van der Waals surface area contributed by atoms with Crippen molar-refractivity contribution in [1.82, 2.24) is 5.32 Å². The second-order valence-electron chi connectivity index (χ2n) is 4.86. The minimum atomic E-state index is 0.234. The summed E-state index contributed by atoms with van der Waals surface area (Å²) in [6, 6.07) is 8.96. The minimum Gasteiger partial charge on any atom is -0.493 e. The molecule has 0 amide bonds. The molecule has 2 rings (SSSR count). The average Bonchev–Trinajstić information content (AvgIpc) is 2.53. The van der Waals surface area contributed by atoms with Gasteiger partial charge in [0, 0.05) is 33.2 Å². The number of ether oxygens (including phenoxy) is 2. The Hall–Kier alpha value is -1.13. The SMILES string of the molecule is CCNCc1cc(OC)c(OCc2c(Cl)cccc2Cl)cc1Cl. The second kappa shape index (κ2) is 8.65. The predicted octanol–water partition coefficient (Wildman–Crippen LogP) is 5.34. The normalized spacial score (nSPS) is 10.7. The van der Waals surface area contributed by atoms with Crippen LogP contribution in [0.4, 0.5) is 0 Å². The summed E-state index contributed by atoms with van der Waals surface area (Å²) in [5.74, 6) is 1.17. The molecule has 6 heteroatoms. The molecular weight excluding hydrogens is 357 g/mol. The summed E-state index contributed by atoms with van der Waals surface area (Å²) in [4.78, 5) is 0. The third kappa shape index (κ3) is 4.67. The van der Waals surface area contributed by atoms with E-state index in [9.17, 15) is 0 Å². The molecule has 0 saturated carbocycles. The summed E-state index contributed by atoms with van der Waals surface area (Å²) < 4.78 is 11.2. The number of halogens is 3. The Labute approximate surface area is 151 Å². The van der Waals surface area contributed by atoms with E-state index in [1.165, 1.54) is 0 Å². The highest BCUT2D eigenvalue weighted by Crippen LogP contribution is 2.35. The van der Waals surface area contributed by atoms with Gasteiger partial charge in [-0.15, -0.1) is 0 Å². The molecule has 23 heavy (non-hydrogen) atoms. The Morgan fingerprint density at radius 2 is 1.70 bits per heavy atom. The molecule has 1 N–H and O–H groups in total. The monoisotopic (exact) mass is 373 g/mol. The van der Waals surface area contributed by atoms with Crippen molar-refractivity contribution in [2.75, 3.05) is 13.7 Å². The van der Waals surface area contributed by atoms with Crippen molar-refractivity contribution < 1.29 is 9.47 Å². The fourth-order valence-electron chi connectivity index (χ4n) is 2.06. The third-order valence-corrected chi connectivity index (χ3v) is 4.39. The molecule has 0 radical (unpaired) electrons. The van der Waals surface area contributed by atoms with Crippen LogP contribution in [0.25, 0.3) is 0 Å². The van der Waals surface area contributed by atoms with E-state index in [1.807, 2.05) is 13.0 Å². The van der Waals surface area contributed by atoms with Crippen LogP contribution in [-0.4, -0.2) is 13.7 Å². The molecule has 0 aliphatic heterocycles. The minimum absolute atomic E-state index is 0.234. The van der Waals surface area contributed by atoms with E-state index in [2.05, 4.69) is 5.32 Å². The van der Waals surface area contributed by atoms with Gasteiger partial charge in [0.05, 0.1) is 7.11 Å². The molecule has 0 heterocycles. The highest BCUT2D eigenvalue weighted by atomic mass is 35.5. The standard InChI is InChI=1S/C17H18Cl3NO2/c1-3-21-9-11-7-16(22-2)17(8-15(11)20)23-10-12-13(18)5-4-6-14(12)19/h4-8,21H,3,9-10H2,1-2H3. The lowest BCUT2D eigenvalue weighted by atomic mass is 10.2. The van der Waals surface area contributed by atoms with Crippen molar-refractivity contribution in [3.05, 3.63) is 56.5 Å². The number of benzene rings is 2. The van der Waals surface area contributed by atoms with Crippen molar-refractivity contribution in [2.24, 2.45) is 0 Å². The van der Waals surface area contributed by atoms with Crippen LogP contribution in [0.3, 0.4) is 0 Å². The fourth-order valence-corrected chi connectivity index (χ4v) is 2.79. The van der Waals surface area contributed by atoms with E-state index < -0.39 is 0 Å². The lowest BCUT2D eigenvalue weighted by Crippen LogP contribution is -2.12. The first-order valence-electron chi connectivity index (χ1n) is 7.19. The highest BCUT2D eigenvalue weighted by Gasteiger charge is 2.12. The van der Waals surface area contributed by atoms with Crippen LogP contribution >= 0.6 is 34.8 Å². The Balaban J connectivity index is 2.21. The molecule has 124 valence electrons. The maximum Gasteiger partial charge on any atom is 0.163 e. The van der Waals surface area contributed by atoms with Gasteiger partial charge in [0.1, 0.15) is 6.61 Å².